The minimum atomic E-state index is -0.0142. The Labute approximate surface area is 167 Å². The zero-order valence-corrected chi connectivity index (χ0v) is 16.6. The molecule has 4 aromatic rings. The molecule has 0 saturated heterocycles. The van der Waals surface area contributed by atoms with E-state index in [0.717, 1.165) is 34.2 Å². The van der Waals surface area contributed by atoms with E-state index in [-0.39, 0.29) is 5.91 Å². The zero-order valence-electron chi connectivity index (χ0n) is 16.6. The van der Waals surface area contributed by atoms with E-state index in [2.05, 4.69) is 30.4 Å². The van der Waals surface area contributed by atoms with Crippen molar-refractivity contribution in [1.82, 2.24) is 39.4 Å². The van der Waals surface area contributed by atoms with Gasteiger partial charge < -0.3 is 5.32 Å². The van der Waals surface area contributed by atoms with E-state index in [1.54, 1.807) is 16.9 Å². The summed E-state index contributed by atoms with van der Waals surface area (Å²) in [5.74, 6) is 2.21. The standard InChI is InChI=1S/C20H22N8O/c1-13-17(14(2)28-20(26-13)24-12-25-28)4-5-19(29)23-11-16-6-7-22-18(10-16)27-9-8-21-15(27)3/h6-10,12H,4-5,11H2,1-3H3,(H,23,29). The van der Waals surface area contributed by atoms with Crippen molar-refractivity contribution in [3.05, 3.63) is 65.4 Å². The lowest BCUT2D eigenvalue weighted by Gasteiger charge is -2.11. The second-order valence-corrected chi connectivity index (χ2v) is 6.88. The van der Waals surface area contributed by atoms with Crippen molar-refractivity contribution in [1.29, 1.82) is 0 Å². The molecule has 0 aromatic carbocycles. The van der Waals surface area contributed by atoms with Crippen LogP contribution in [-0.2, 0) is 17.8 Å². The van der Waals surface area contributed by atoms with E-state index in [1.165, 1.54) is 6.33 Å². The highest BCUT2D eigenvalue weighted by molar-refractivity contribution is 5.76. The molecule has 0 spiro atoms. The Kier molecular flexibility index (Phi) is 5.03. The van der Waals surface area contributed by atoms with Gasteiger partial charge in [0.1, 0.15) is 18.0 Å². The van der Waals surface area contributed by atoms with E-state index in [4.69, 9.17) is 0 Å². The fraction of sp³-hybridized carbons (Fsp3) is 0.300. The first-order chi connectivity index (χ1) is 14.0. The number of aryl methyl sites for hydroxylation is 3. The molecule has 1 N–H and O–H groups in total. The first-order valence-corrected chi connectivity index (χ1v) is 9.40. The lowest BCUT2D eigenvalue weighted by atomic mass is 10.1. The van der Waals surface area contributed by atoms with Crippen molar-refractivity contribution in [2.24, 2.45) is 0 Å². The summed E-state index contributed by atoms with van der Waals surface area (Å²) in [7, 11) is 0. The minimum Gasteiger partial charge on any atom is -0.352 e. The maximum Gasteiger partial charge on any atom is 0.252 e. The summed E-state index contributed by atoms with van der Waals surface area (Å²) in [6, 6.07) is 3.85. The van der Waals surface area contributed by atoms with Crippen molar-refractivity contribution in [2.75, 3.05) is 0 Å². The van der Waals surface area contributed by atoms with Crippen LogP contribution in [0.4, 0.5) is 0 Å². The molecule has 0 atom stereocenters. The second kappa shape index (κ2) is 7.78. The topological polar surface area (TPSA) is 103 Å². The van der Waals surface area contributed by atoms with Crippen LogP contribution in [0.15, 0.2) is 37.1 Å². The second-order valence-electron chi connectivity index (χ2n) is 6.88. The molecule has 29 heavy (non-hydrogen) atoms. The predicted molar refractivity (Wildman–Crippen MR) is 107 cm³/mol. The number of nitrogens with zero attached hydrogens (tertiary/aromatic N) is 7. The Morgan fingerprint density at radius 1 is 1.14 bits per heavy atom. The molecule has 0 aliphatic carbocycles. The van der Waals surface area contributed by atoms with Crippen LogP contribution in [0.25, 0.3) is 11.6 Å². The molecule has 4 aromatic heterocycles. The van der Waals surface area contributed by atoms with Crippen molar-refractivity contribution in [3.63, 3.8) is 0 Å². The molecule has 9 nitrogen and oxygen atoms in total. The molecule has 0 aliphatic heterocycles. The summed E-state index contributed by atoms with van der Waals surface area (Å²) in [6.45, 7) is 6.28. The van der Waals surface area contributed by atoms with Crippen LogP contribution in [0.3, 0.4) is 0 Å². The highest BCUT2D eigenvalue weighted by atomic mass is 16.1. The highest BCUT2D eigenvalue weighted by Crippen LogP contribution is 2.15. The molecule has 148 valence electrons. The summed E-state index contributed by atoms with van der Waals surface area (Å²) in [4.78, 5) is 29.6. The van der Waals surface area contributed by atoms with Crippen LogP contribution in [0.2, 0.25) is 0 Å². The van der Waals surface area contributed by atoms with Crippen LogP contribution < -0.4 is 5.32 Å². The summed E-state index contributed by atoms with van der Waals surface area (Å²) < 4.78 is 3.61. The Balaban J connectivity index is 1.38. The van der Waals surface area contributed by atoms with Gasteiger partial charge in [0.15, 0.2) is 0 Å². The number of hydrogen-bond acceptors (Lipinski definition) is 6. The van der Waals surface area contributed by atoms with Gasteiger partial charge in [-0.3, -0.25) is 9.36 Å². The number of amides is 1. The maximum atomic E-state index is 12.4. The minimum absolute atomic E-state index is 0.0142. The third-order valence-electron chi connectivity index (χ3n) is 4.96. The van der Waals surface area contributed by atoms with Gasteiger partial charge in [-0.1, -0.05) is 0 Å². The number of pyridine rings is 1. The molecular weight excluding hydrogens is 368 g/mol. The van der Waals surface area contributed by atoms with E-state index in [0.29, 0.717) is 25.2 Å². The van der Waals surface area contributed by atoms with Crippen molar-refractivity contribution in [2.45, 2.75) is 40.2 Å². The molecule has 0 bridgehead atoms. The summed E-state index contributed by atoms with van der Waals surface area (Å²) in [5.41, 5.74) is 3.85. The zero-order chi connectivity index (χ0) is 20.4. The van der Waals surface area contributed by atoms with Gasteiger partial charge in [-0.2, -0.15) is 10.1 Å². The van der Waals surface area contributed by atoms with E-state index >= 15 is 0 Å². The number of fused-ring (bicyclic) bond motifs is 1. The van der Waals surface area contributed by atoms with Gasteiger partial charge in [-0.25, -0.2) is 19.5 Å². The molecule has 9 heteroatoms. The summed E-state index contributed by atoms with van der Waals surface area (Å²) in [5, 5.41) is 7.17. The van der Waals surface area contributed by atoms with Gasteiger partial charge in [0.05, 0.1) is 0 Å². The number of hydrogen-bond donors (Lipinski definition) is 1. The normalized spacial score (nSPS) is 11.1. The molecule has 4 heterocycles. The summed E-state index contributed by atoms with van der Waals surface area (Å²) >= 11 is 0. The SMILES string of the molecule is Cc1nc2ncnn2c(C)c1CCC(=O)NCc1ccnc(-n2ccnc2C)c1. The van der Waals surface area contributed by atoms with E-state index in [1.807, 2.05) is 43.7 Å². The molecule has 0 unspecified atom stereocenters. The monoisotopic (exact) mass is 390 g/mol. The fourth-order valence-electron chi connectivity index (χ4n) is 3.37. The Morgan fingerprint density at radius 2 is 2.00 bits per heavy atom. The number of imidazole rings is 1. The van der Waals surface area contributed by atoms with Gasteiger partial charge in [-0.05, 0) is 50.5 Å². The van der Waals surface area contributed by atoms with Crippen LogP contribution in [0, 0.1) is 20.8 Å². The molecule has 0 saturated carbocycles. The number of carbonyl (C=O) groups is 1. The van der Waals surface area contributed by atoms with Crippen molar-refractivity contribution in [3.8, 4) is 5.82 Å². The molecule has 1 amide bonds. The lowest BCUT2D eigenvalue weighted by Crippen LogP contribution is -2.23. The van der Waals surface area contributed by atoms with E-state index in [9.17, 15) is 4.79 Å². The number of carbonyl (C=O) groups excluding carboxylic acids is 1. The number of aromatic nitrogens is 7. The van der Waals surface area contributed by atoms with Crippen LogP contribution in [0.1, 0.15) is 34.8 Å². The summed E-state index contributed by atoms with van der Waals surface area (Å²) in [6.07, 6.45) is 7.80. The quantitative estimate of drug-likeness (QED) is 0.539. The molecule has 0 radical (unpaired) electrons. The third kappa shape index (κ3) is 3.84. The molecule has 0 aliphatic rings. The van der Waals surface area contributed by atoms with Crippen LogP contribution in [0.5, 0.6) is 0 Å². The molecular formula is C20H22N8O. The number of nitrogens with one attached hydrogen (secondary N) is 1. The lowest BCUT2D eigenvalue weighted by molar-refractivity contribution is -0.121. The van der Waals surface area contributed by atoms with Crippen LogP contribution in [-0.4, -0.2) is 40.0 Å². The van der Waals surface area contributed by atoms with Crippen molar-refractivity contribution < 1.29 is 4.79 Å². The van der Waals surface area contributed by atoms with Gasteiger partial charge in [0.2, 0.25) is 5.91 Å². The Morgan fingerprint density at radius 3 is 2.79 bits per heavy atom. The Hall–Kier alpha value is -3.62. The van der Waals surface area contributed by atoms with Gasteiger partial charge in [0, 0.05) is 42.9 Å². The largest absolute Gasteiger partial charge is 0.352 e. The van der Waals surface area contributed by atoms with Gasteiger partial charge in [0.25, 0.3) is 5.78 Å². The predicted octanol–water partition coefficient (Wildman–Crippen LogP) is 1.88. The maximum absolute atomic E-state index is 12.4. The van der Waals surface area contributed by atoms with Gasteiger partial charge in [-0.15, -0.1) is 0 Å². The van der Waals surface area contributed by atoms with E-state index < -0.39 is 0 Å². The third-order valence-corrected chi connectivity index (χ3v) is 4.96. The molecule has 4 rings (SSSR count). The Bertz CT molecular complexity index is 1180. The van der Waals surface area contributed by atoms with Gasteiger partial charge >= 0.3 is 0 Å². The highest BCUT2D eigenvalue weighted by Gasteiger charge is 2.12. The average Bonchev–Trinajstić information content (AvgIpc) is 3.35. The number of rotatable bonds is 6. The molecule has 0 fully saturated rings. The first kappa shape index (κ1) is 18.7. The fourth-order valence-corrected chi connectivity index (χ4v) is 3.37. The first-order valence-electron chi connectivity index (χ1n) is 9.40. The van der Waals surface area contributed by atoms with Crippen molar-refractivity contribution >= 4 is 11.7 Å². The smallest absolute Gasteiger partial charge is 0.252 e. The van der Waals surface area contributed by atoms with Crippen LogP contribution >= 0.6 is 0 Å². The average molecular weight is 390 g/mol.